The molecule has 0 radical (unpaired) electrons. The summed E-state index contributed by atoms with van der Waals surface area (Å²) >= 11 is 5.59. The van der Waals surface area contributed by atoms with E-state index in [9.17, 15) is 13.2 Å². The van der Waals surface area contributed by atoms with Gasteiger partial charge >= 0.3 is 0 Å². The minimum Gasteiger partial charge on any atom is -0.393 e. The fourth-order valence-corrected chi connectivity index (χ4v) is 2.67. The van der Waals surface area contributed by atoms with E-state index in [1.807, 2.05) is 0 Å². The third kappa shape index (κ3) is 3.55. The van der Waals surface area contributed by atoms with Gasteiger partial charge in [-0.1, -0.05) is 11.6 Å². The van der Waals surface area contributed by atoms with Gasteiger partial charge in [0, 0.05) is 19.8 Å². The molecular formula is C10H15ClN2O4S. The molecule has 1 unspecified atom stereocenters. The highest BCUT2D eigenvalue weighted by molar-refractivity contribution is 7.89. The molecule has 0 saturated heterocycles. The summed E-state index contributed by atoms with van der Waals surface area (Å²) in [5.74, 6) is 0. The van der Waals surface area contributed by atoms with E-state index in [0.29, 0.717) is 6.42 Å². The van der Waals surface area contributed by atoms with Crippen molar-refractivity contribution >= 4 is 21.6 Å². The van der Waals surface area contributed by atoms with Crippen molar-refractivity contribution in [3.63, 3.8) is 0 Å². The van der Waals surface area contributed by atoms with Crippen molar-refractivity contribution in [3.8, 4) is 0 Å². The van der Waals surface area contributed by atoms with Gasteiger partial charge in [-0.05, 0) is 19.4 Å². The van der Waals surface area contributed by atoms with Crippen LogP contribution in [0.5, 0.6) is 0 Å². The number of halogens is 1. The number of rotatable bonds is 5. The number of hydrogen-bond donors (Lipinski definition) is 2. The molecule has 0 aromatic carbocycles. The number of aromatic amines is 1. The van der Waals surface area contributed by atoms with Gasteiger partial charge in [0.05, 0.1) is 11.0 Å². The Bertz CT molecular complexity index is 567. The zero-order valence-electron chi connectivity index (χ0n) is 10.1. The minimum atomic E-state index is -3.71. The van der Waals surface area contributed by atoms with Gasteiger partial charge in [0.25, 0.3) is 5.56 Å². The van der Waals surface area contributed by atoms with E-state index < -0.39 is 21.7 Å². The van der Waals surface area contributed by atoms with Crippen molar-refractivity contribution in [2.75, 3.05) is 13.6 Å². The first-order valence-electron chi connectivity index (χ1n) is 5.28. The normalized spacial score (nSPS) is 13.8. The van der Waals surface area contributed by atoms with Crippen LogP contribution in [0.25, 0.3) is 0 Å². The summed E-state index contributed by atoms with van der Waals surface area (Å²) in [5, 5.41) is 8.95. The standard InChI is InChI=1S/C10H15ClN2O4S/c1-7(14)3-4-13(2)18(16,17)8-5-9(11)10(15)12-6-8/h5-7,14H,3-4H2,1-2H3,(H,12,15). The second kappa shape index (κ2) is 5.83. The molecule has 0 saturated carbocycles. The Labute approximate surface area is 110 Å². The molecule has 102 valence electrons. The lowest BCUT2D eigenvalue weighted by molar-refractivity contribution is 0.177. The molecule has 1 aromatic heterocycles. The monoisotopic (exact) mass is 294 g/mol. The third-order valence-corrected chi connectivity index (χ3v) is 4.52. The fraction of sp³-hybridized carbons (Fsp3) is 0.500. The van der Waals surface area contributed by atoms with E-state index in [-0.39, 0.29) is 16.5 Å². The predicted octanol–water partition coefficient (Wildman–Crippen LogP) is 0.420. The number of aliphatic hydroxyl groups excluding tert-OH is 1. The van der Waals surface area contributed by atoms with Crippen molar-refractivity contribution in [1.29, 1.82) is 0 Å². The number of aromatic nitrogens is 1. The van der Waals surface area contributed by atoms with Crippen LogP contribution in [0.4, 0.5) is 0 Å². The first-order chi connectivity index (χ1) is 8.25. The van der Waals surface area contributed by atoms with Gasteiger partial charge in [-0.2, -0.15) is 0 Å². The van der Waals surface area contributed by atoms with Gasteiger partial charge in [0.1, 0.15) is 5.02 Å². The van der Waals surface area contributed by atoms with Crippen LogP contribution in [0, 0.1) is 0 Å². The lowest BCUT2D eigenvalue weighted by Gasteiger charge is -2.17. The summed E-state index contributed by atoms with van der Waals surface area (Å²) in [6.07, 6.45) is 0.844. The van der Waals surface area contributed by atoms with E-state index in [2.05, 4.69) is 4.98 Å². The van der Waals surface area contributed by atoms with Crippen molar-refractivity contribution in [2.24, 2.45) is 0 Å². The zero-order valence-corrected chi connectivity index (χ0v) is 11.6. The van der Waals surface area contributed by atoms with Crippen molar-refractivity contribution in [2.45, 2.75) is 24.3 Å². The van der Waals surface area contributed by atoms with E-state index in [1.54, 1.807) is 6.92 Å². The highest BCUT2D eigenvalue weighted by Gasteiger charge is 2.21. The molecule has 0 fully saturated rings. The molecule has 1 aromatic rings. The van der Waals surface area contributed by atoms with E-state index in [4.69, 9.17) is 16.7 Å². The maximum Gasteiger partial charge on any atom is 0.266 e. The predicted molar refractivity (Wildman–Crippen MR) is 68.2 cm³/mol. The SMILES string of the molecule is CC(O)CCN(C)S(=O)(=O)c1c[nH]c(=O)c(Cl)c1. The molecular weight excluding hydrogens is 280 g/mol. The Morgan fingerprint density at radius 3 is 2.67 bits per heavy atom. The number of aliphatic hydroxyl groups is 1. The number of nitrogens with zero attached hydrogens (tertiary/aromatic N) is 1. The lowest BCUT2D eigenvalue weighted by atomic mass is 10.3. The molecule has 0 amide bonds. The van der Waals surface area contributed by atoms with Gasteiger partial charge in [0.15, 0.2) is 0 Å². The average Bonchev–Trinajstić information content (AvgIpc) is 2.29. The van der Waals surface area contributed by atoms with Crippen molar-refractivity contribution in [1.82, 2.24) is 9.29 Å². The van der Waals surface area contributed by atoms with Gasteiger partial charge in [-0.15, -0.1) is 0 Å². The molecule has 2 N–H and O–H groups in total. The molecule has 0 aliphatic heterocycles. The molecule has 1 atom stereocenters. The van der Waals surface area contributed by atoms with Crippen molar-refractivity contribution < 1.29 is 13.5 Å². The van der Waals surface area contributed by atoms with Crippen LogP contribution in [0.3, 0.4) is 0 Å². The highest BCUT2D eigenvalue weighted by atomic mass is 35.5. The maximum absolute atomic E-state index is 12.1. The molecule has 18 heavy (non-hydrogen) atoms. The van der Waals surface area contributed by atoms with Gasteiger partial charge in [0.2, 0.25) is 10.0 Å². The van der Waals surface area contributed by atoms with Crippen molar-refractivity contribution in [3.05, 3.63) is 27.6 Å². The second-order valence-electron chi connectivity index (χ2n) is 3.98. The summed E-state index contributed by atoms with van der Waals surface area (Å²) in [6, 6.07) is 1.11. The highest BCUT2D eigenvalue weighted by Crippen LogP contribution is 2.15. The molecule has 0 aliphatic rings. The average molecular weight is 295 g/mol. The molecule has 6 nitrogen and oxygen atoms in total. The Kier molecular flexibility index (Phi) is 4.92. The third-order valence-electron chi connectivity index (χ3n) is 2.40. The molecule has 8 heteroatoms. The van der Waals surface area contributed by atoms with Crippen LogP contribution in [0.1, 0.15) is 13.3 Å². The summed E-state index contributed by atoms with van der Waals surface area (Å²) in [6.45, 7) is 1.76. The van der Waals surface area contributed by atoms with Gasteiger partial charge in [-0.3, -0.25) is 4.79 Å². The van der Waals surface area contributed by atoms with E-state index >= 15 is 0 Å². The number of hydrogen-bond acceptors (Lipinski definition) is 4. The minimum absolute atomic E-state index is 0.0832. The summed E-state index contributed by atoms with van der Waals surface area (Å²) < 4.78 is 25.2. The maximum atomic E-state index is 12.1. The van der Waals surface area contributed by atoms with Gasteiger partial charge < -0.3 is 10.1 Å². The summed E-state index contributed by atoms with van der Waals surface area (Å²) in [4.78, 5) is 13.2. The molecule has 1 heterocycles. The summed E-state index contributed by atoms with van der Waals surface area (Å²) in [5.41, 5.74) is -0.540. The van der Waals surface area contributed by atoms with Crippen LogP contribution in [-0.2, 0) is 10.0 Å². The number of H-pyrrole nitrogens is 1. The molecule has 0 bridgehead atoms. The summed E-state index contributed by atoms with van der Waals surface area (Å²) in [7, 11) is -2.31. The Morgan fingerprint density at radius 2 is 2.17 bits per heavy atom. The van der Waals surface area contributed by atoms with Crippen LogP contribution in [-0.4, -0.2) is 42.5 Å². The van der Waals surface area contributed by atoms with Crippen LogP contribution in [0.2, 0.25) is 5.02 Å². The number of nitrogens with one attached hydrogen (secondary N) is 1. The molecule has 1 rings (SSSR count). The Balaban J connectivity index is 2.98. The smallest absolute Gasteiger partial charge is 0.266 e. The first-order valence-corrected chi connectivity index (χ1v) is 7.09. The number of sulfonamides is 1. The van der Waals surface area contributed by atoms with Crippen LogP contribution < -0.4 is 5.56 Å². The quantitative estimate of drug-likeness (QED) is 0.823. The zero-order chi connectivity index (χ0) is 13.9. The number of pyridine rings is 1. The molecule has 0 aliphatic carbocycles. The second-order valence-corrected chi connectivity index (χ2v) is 6.43. The van der Waals surface area contributed by atoms with E-state index in [0.717, 1.165) is 16.6 Å². The first kappa shape index (κ1) is 15.2. The van der Waals surface area contributed by atoms with Crippen LogP contribution >= 0.6 is 11.6 Å². The van der Waals surface area contributed by atoms with Crippen LogP contribution in [0.15, 0.2) is 22.0 Å². The fourth-order valence-electron chi connectivity index (χ4n) is 1.26. The largest absolute Gasteiger partial charge is 0.393 e. The van der Waals surface area contributed by atoms with Gasteiger partial charge in [-0.25, -0.2) is 12.7 Å². The van der Waals surface area contributed by atoms with E-state index in [1.165, 1.54) is 7.05 Å². The topological polar surface area (TPSA) is 90.5 Å². The molecule has 0 spiro atoms. The Hall–Kier alpha value is -0.890. The Morgan fingerprint density at radius 1 is 1.56 bits per heavy atom. The lowest BCUT2D eigenvalue weighted by Crippen LogP contribution is -2.30.